The summed E-state index contributed by atoms with van der Waals surface area (Å²) in [6.45, 7) is 3.84. The Labute approximate surface area is 87.8 Å². The Kier molecular flexibility index (Phi) is 2.37. The van der Waals surface area contributed by atoms with Gasteiger partial charge in [-0.15, -0.1) is 0 Å². The van der Waals surface area contributed by atoms with E-state index in [4.69, 9.17) is 4.42 Å². The number of furan rings is 1. The van der Waals surface area contributed by atoms with Crippen molar-refractivity contribution in [2.75, 3.05) is 0 Å². The molecule has 0 spiro atoms. The van der Waals surface area contributed by atoms with E-state index in [9.17, 15) is 4.79 Å². The van der Waals surface area contributed by atoms with Crippen molar-refractivity contribution < 1.29 is 9.21 Å². The number of rotatable bonds is 2. The minimum Gasteiger partial charge on any atom is -0.461 e. The Balaban J connectivity index is 2.39. The van der Waals surface area contributed by atoms with Crippen molar-refractivity contribution >= 4 is 5.78 Å². The minimum absolute atomic E-state index is 0.178. The van der Waals surface area contributed by atoms with Crippen LogP contribution in [-0.4, -0.2) is 10.8 Å². The molecule has 15 heavy (non-hydrogen) atoms. The molecule has 0 fully saturated rings. The van der Waals surface area contributed by atoms with Crippen LogP contribution in [0.4, 0.5) is 0 Å². The second-order valence-electron chi connectivity index (χ2n) is 3.41. The molecule has 0 atom stereocenters. The van der Waals surface area contributed by atoms with Crippen LogP contribution < -0.4 is 0 Å². The Hall–Kier alpha value is -1.90. The molecular weight excluding hydrogens is 190 g/mol. The molecule has 0 aliphatic heterocycles. The largest absolute Gasteiger partial charge is 0.461 e. The van der Waals surface area contributed by atoms with Gasteiger partial charge in [0.2, 0.25) is 5.78 Å². The predicted molar refractivity (Wildman–Crippen MR) is 55.9 cm³/mol. The van der Waals surface area contributed by atoms with Crippen molar-refractivity contribution in [3.63, 3.8) is 0 Å². The first-order chi connectivity index (χ1) is 7.18. The third-order valence-electron chi connectivity index (χ3n) is 2.33. The lowest BCUT2D eigenvalue weighted by Crippen LogP contribution is -2.04. The molecule has 3 nitrogen and oxygen atoms in total. The molecule has 0 amide bonds. The SMILES string of the molecule is Cc1ccc(C(=O)c2ccco2)nc1C. The molecular formula is C12H11NO2. The summed E-state index contributed by atoms with van der Waals surface area (Å²) in [5.41, 5.74) is 2.37. The van der Waals surface area contributed by atoms with Crippen molar-refractivity contribution in [1.29, 1.82) is 0 Å². The molecule has 2 heterocycles. The van der Waals surface area contributed by atoms with Crippen LogP contribution in [0, 0.1) is 13.8 Å². The minimum atomic E-state index is -0.178. The third kappa shape index (κ3) is 1.81. The first-order valence-corrected chi connectivity index (χ1v) is 4.71. The number of hydrogen-bond donors (Lipinski definition) is 0. The lowest BCUT2D eigenvalue weighted by atomic mass is 10.1. The number of ketones is 1. The fourth-order valence-electron chi connectivity index (χ4n) is 1.29. The van der Waals surface area contributed by atoms with Gasteiger partial charge in [-0.25, -0.2) is 4.98 Å². The van der Waals surface area contributed by atoms with Gasteiger partial charge in [0.1, 0.15) is 5.69 Å². The highest BCUT2D eigenvalue weighted by Gasteiger charge is 2.13. The molecule has 0 aliphatic rings. The molecule has 0 saturated carbocycles. The number of aromatic nitrogens is 1. The maximum absolute atomic E-state index is 11.8. The molecule has 0 bridgehead atoms. The van der Waals surface area contributed by atoms with E-state index in [-0.39, 0.29) is 5.78 Å². The monoisotopic (exact) mass is 201 g/mol. The summed E-state index contributed by atoms with van der Waals surface area (Å²) >= 11 is 0. The van der Waals surface area contributed by atoms with E-state index in [1.807, 2.05) is 19.9 Å². The Morgan fingerprint density at radius 2 is 2.07 bits per heavy atom. The van der Waals surface area contributed by atoms with E-state index in [2.05, 4.69) is 4.98 Å². The number of aryl methyl sites for hydroxylation is 2. The summed E-state index contributed by atoms with van der Waals surface area (Å²) in [5.74, 6) is 0.147. The van der Waals surface area contributed by atoms with Crippen LogP contribution in [0.3, 0.4) is 0 Å². The summed E-state index contributed by atoms with van der Waals surface area (Å²) in [6.07, 6.45) is 1.48. The highest BCUT2D eigenvalue weighted by atomic mass is 16.3. The molecule has 2 aromatic heterocycles. The quantitative estimate of drug-likeness (QED) is 0.701. The van der Waals surface area contributed by atoms with E-state index < -0.39 is 0 Å². The second kappa shape index (κ2) is 3.69. The first-order valence-electron chi connectivity index (χ1n) is 4.71. The van der Waals surface area contributed by atoms with Gasteiger partial charge in [-0.2, -0.15) is 0 Å². The fourth-order valence-corrected chi connectivity index (χ4v) is 1.29. The fraction of sp³-hybridized carbons (Fsp3) is 0.167. The Morgan fingerprint density at radius 3 is 2.67 bits per heavy atom. The average molecular weight is 201 g/mol. The first kappa shape index (κ1) is 9.65. The maximum Gasteiger partial charge on any atom is 0.246 e. The summed E-state index contributed by atoms with van der Waals surface area (Å²) in [7, 11) is 0. The topological polar surface area (TPSA) is 43.1 Å². The number of nitrogens with zero attached hydrogens (tertiary/aromatic N) is 1. The van der Waals surface area contributed by atoms with Gasteiger partial charge in [-0.3, -0.25) is 4.79 Å². The smallest absolute Gasteiger partial charge is 0.246 e. The van der Waals surface area contributed by atoms with Crippen molar-refractivity contribution in [2.24, 2.45) is 0 Å². The summed E-state index contributed by atoms with van der Waals surface area (Å²) in [4.78, 5) is 16.0. The lowest BCUT2D eigenvalue weighted by molar-refractivity contribution is 0.100. The summed E-state index contributed by atoms with van der Waals surface area (Å²) < 4.78 is 5.03. The van der Waals surface area contributed by atoms with Crippen LogP contribution >= 0.6 is 0 Å². The van der Waals surface area contributed by atoms with Crippen molar-refractivity contribution in [2.45, 2.75) is 13.8 Å². The van der Waals surface area contributed by atoms with Crippen LogP contribution in [0.25, 0.3) is 0 Å². The second-order valence-corrected chi connectivity index (χ2v) is 3.41. The average Bonchev–Trinajstić information content (AvgIpc) is 2.74. The van der Waals surface area contributed by atoms with E-state index in [1.54, 1.807) is 18.2 Å². The Morgan fingerprint density at radius 1 is 1.27 bits per heavy atom. The molecule has 3 heteroatoms. The van der Waals surface area contributed by atoms with E-state index in [0.717, 1.165) is 11.3 Å². The molecule has 0 radical (unpaired) electrons. The van der Waals surface area contributed by atoms with Crippen LogP contribution in [0.15, 0.2) is 34.9 Å². The summed E-state index contributed by atoms with van der Waals surface area (Å²) in [5, 5.41) is 0. The van der Waals surface area contributed by atoms with E-state index in [1.165, 1.54) is 6.26 Å². The van der Waals surface area contributed by atoms with Crippen molar-refractivity contribution in [3.8, 4) is 0 Å². The van der Waals surface area contributed by atoms with E-state index >= 15 is 0 Å². The van der Waals surface area contributed by atoms with Gasteiger partial charge < -0.3 is 4.42 Å². The zero-order valence-corrected chi connectivity index (χ0v) is 8.65. The summed E-state index contributed by atoms with van der Waals surface area (Å²) in [6, 6.07) is 6.93. The van der Waals surface area contributed by atoms with Gasteiger partial charge in [0.15, 0.2) is 5.76 Å². The molecule has 0 aromatic carbocycles. The molecule has 76 valence electrons. The lowest BCUT2D eigenvalue weighted by Gasteiger charge is -2.01. The van der Waals surface area contributed by atoms with Crippen LogP contribution in [0.1, 0.15) is 27.5 Å². The molecule has 2 rings (SSSR count). The van der Waals surface area contributed by atoms with Gasteiger partial charge in [0, 0.05) is 5.69 Å². The number of carbonyl (C=O) groups excluding carboxylic acids is 1. The van der Waals surface area contributed by atoms with Crippen LogP contribution in [0.5, 0.6) is 0 Å². The highest BCUT2D eigenvalue weighted by Crippen LogP contribution is 2.10. The molecule has 0 N–H and O–H groups in total. The molecule has 2 aromatic rings. The predicted octanol–water partition coefficient (Wildman–Crippen LogP) is 2.52. The zero-order chi connectivity index (χ0) is 10.8. The van der Waals surface area contributed by atoms with Gasteiger partial charge in [0.25, 0.3) is 0 Å². The standard InChI is InChI=1S/C12H11NO2/c1-8-5-6-10(13-9(8)2)12(14)11-4-3-7-15-11/h3-7H,1-2H3. The maximum atomic E-state index is 11.8. The van der Waals surface area contributed by atoms with Gasteiger partial charge >= 0.3 is 0 Å². The van der Waals surface area contributed by atoms with E-state index in [0.29, 0.717) is 11.5 Å². The number of pyridine rings is 1. The van der Waals surface area contributed by atoms with Gasteiger partial charge in [-0.1, -0.05) is 6.07 Å². The van der Waals surface area contributed by atoms with Gasteiger partial charge in [-0.05, 0) is 37.6 Å². The molecule has 0 saturated heterocycles. The number of carbonyl (C=O) groups is 1. The van der Waals surface area contributed by atoms with Crippen molar-refractivity contribution in [3.05, 3.63) is 53.2 Å². The highest BCUT2D eigenvalue weighted by molar-refractivity contribution is 6.05. The Bertz CT molecular complexity index is 486. The van der Waals surface area contributed by atoms with Crippen molar-refractivity contribution in [1.82, 2.24) is 4.98 Å². The molecule has 0 unspecified atom stereocenters. The van der Waals surface area contributed by atoms with Gasteiger partial charge in [0.05, 0.1) is 6.26 Å². The molecule has 0 aliphatic carbocycles. The number of hydrogen-bond acceptors (Lipinski definition) is 3. The zero-order valence-electron chi connectivity index (χ0n) is 8.65. The van der Waals surface area contributed by atoms with Crippen LogP contribution in [-0.2, 0) is 0 Å². The van der Waals surface area contributed by atoms with Crippen LogP contribution in [0.2, 0.25) is 0 Å². The normalized spacial score (nSPS) is 10.3. The third-order valence-corrected chi connectivity index (χ3v) is 2.33.